The zero-order valence-corrected chi connectivity index (χ0v) is 12.9. The number of carbonyl (C=O) groups is 1. The van der Waals surface area contributed by atoms with Crippen LogP contribution in [0.1, 0.15) is 6.92 Å². The van der Waals surface area contributed by atoms with Crippen LogP contribution in [-0.4, -0.2) is 31.1 Å². The Hall–Kier alpha value is -2.68. The molecule has 7 nitrogen and oxygen atoms in total. The van der Waals surface area contributed by atoms with Gasteiger partial charge >= 0.3 is 0 Å². The molecule has 0 saturated heterocycles. The number of aromatic nitrogens is 4. The predicted octanol–water partition coefficient (Wildman–Crippen LogP) is 2.19. The Kier molecular flexibility index (Phi) is 4.11. The highest BCUT2D eigenvalue weighted by molar-refractivity contribution is 8.00. The van der Waals surface area contributed by atoms with Gasteiger partial charge in [-0.05, 0) is 31.2 Å². The van der Waals surface area contributed by atoms with Gasteiger partial charge in [0, 0.05) is 5.69 Å². The van der Waals surface area contributed by atoms with Crippen molar-refractivity contribution < 1.29 is 9.18 Å². The number of nitrogens with one attached hydrogen (secondary N) is 2. The molecule has 0 fully saturated rings. The molecule has 0 aliphatic carbocycles. The van der Waals surface area contributed by atoms with E-state index < -0.39 is 5.25 Å². The maximum absolute atomic E-state index is 12.9. The minimum Gasteiger partial charge on any atom is -0.382 e. The van der Waals surface area contributed by atoms with Crippen LogP contribution in [0.5, 0.6) is 0 Å². The molecule has 9 heteroatoms. The van der Waals surface area contributed by atoms with Crippen molar-refractivity contribution in [1.29, 1.82) is 0 Å². The molecule has 0 bridgehead atoms. The number of hydrogen-bond donors (Lipinski definition) is 3. The van der Waals surface area contributed by atoms with Gasteiger partial charge in [0.15, 0.2) is 16.6 Å². The molecule has 0 aliphatic heterocycles. The Morgan fingerprint density at radius 3 is 2.78 bits per heavy atom. The van der Waals surface area contributed by atoms with Crippen molar-refractivity contribution in [2.24, 2.45) is 0 Å². The number of anilines is 2. The number of aromatic amines is 1. The van der Waals surface area contributed by atoms with Crippen molar-refractivity contribution in [3.05, 3.63) is 36.4 Å². The summed E-state index contributed by atoms with van der Waals surface area (Å²) in [6.07, 6.45) is 1.33. The standard InChI is InChI=1S/C14H13FN6OS/c1-7(13(22)19-9-4-2-8(15)3-5-9)23-14-20-10-11(16)17-6-18-12(10)21-14/h2-7H,1H3,(H,19,22)(H3,16,17,18,20,21)/t7-/m0/s1. The Labute approximate surface area is 134 Å². The first-order valence-electron chi connectivity index (χ1n) is 6.72. The van der Waals surface area contributed by atoms with Crippen LogP contribution in [0.4, 0.5) is 15.9 Å². The predicted molar refractivity (Wildman–Crippen MR) is 86.4 cm³/mol. The molecule has 4 N–H and O–H groups in total. The summed E-state index contributed by atoms with van der Waals surface area (Å²) in [7, 11) is 0. The van der Waals surface area contributed by atoms with Crippen LogP contribution < -0.4 is 11.1 Å². The zero-order valence-electron chi connectivity index (χ0n) is 12.1. The fourth-order valence-corrected chi connectivity index (χ4v) is 2.68. The lowest BCUT2D eigenvalue weighted by molar-refractivity contribution is -0.115. The summed E-state index contributed by atoms with van der Waals surface area (Å²) in [6, 6.07) is 5.58. The summed E-state index contributed by atoms with van der Waals surface area (Å²) in [5.41, 5.74) is 7.26. The first kappa shape index (κ1) is 15.2. The SMILES string of the molecule is C[C@H](Sc1nc2ncnc(N)c2[nH]1)C(=O)Nc1ccc(F)cc1. The van der Waals surface area contributed by atoms with Crippen LogP contribution in [0.15, 0.2) is 35.7 Å². The second kappa shape index (κ2) is 6.21. The third kappa shape index (κ3) is 3.39. The quantitative estimate of drug-likeness (QED) is 0.632. The van der Waals surface area contributed by atoms with Crippen LogP contribution in [0.3, 0.4) is 0 Å². The number of carbonyl (C=O) groups excluding carboxylic acids is 1. The third-order valence-corrected chi connectivity index (χ3v) is 4.05. The molecular weight excluding hydrogens is 319 g/mol. The minimum absolute atomic E-state index is 0.221. The number of thioether (sulfide) groups is 1. The number of hydrogen-bond acceptors (Lipinski definition) is 6. The van der Waals surface area contributed by atoms with Crippen LogP contribution in [0, 0.1) is 5.82 Å². The van der Waals surface area contributed by atoms with Crippen molar-refractivity contribution in [3.8, 4) is 0 Å². The summed E-state index contributed by atoms with van der Waals surface area (Å²) in [6.45, 7) is 1.74. The van der Waals surface area contributed by atoms with Gasteiger partial charge in [-0.25, -0.2) is 19.3 Å². The summed E-state index contributed by atoms with van der Waals surface area (Å²) < 4.78 is 12.9. The monoisotopic (exact) mass is 332 g/mol. The highest BCUT2D eigenvalue weighted by Crippen LogP contribution is 2.25. The number of fused-ring (bicyclic) bond motifs is 1. The topological polar surface area (TPSA) is 110 Å². The van der Waals surface area contributed by atoms with E-state index in [4.69, 9.17) is 5.73 Å². The van der Waals surface area contributed by atoms with Crippen molar-refractivity contribution in [3.63, 3.8) is 0 Å². The summed E-state index contributed by atoms with van der Waals surface area (Å²) in [5, 5.41) is 2.81. The molecule has 0 aliphatic rings. The van der Waals surface area contributed by atoms with E-state index in [0.717, 1.165) is 0 Å². The normalized spacial score (nSPS) is 12.3. The van der Waals surface area contributed by atoms with Gasteiger partial charge in [0.05, 0.1) is 5.25 Å². The Balaban J connectivity index is 1.69. The summed E-state index contributed by atoms with van der Waals surface area (Å²) in [5.74, 6) is -0.273. The van der Waals surface area contributed by atoms with Gasteiger partial charge in [0.1, 0.15) is 17.7 Å². The van der Waals surface area contributed by atoms with E-state index in [1.807, 2.05) is 0 Å². The van der Waals surface area contributed by atoms with Gasteiger partial charge in [0.25, 0.3) is 0 Å². The van der Waals surface area contributed by atoms with Crippen LogP contribution in [-0.2, 0) is 4.79 Å². The highest BCUT2D eigenvalue weighted by Gasteiger charge is 2.17. The molecule has 0 saturated carbocycles. The van der Waals surface area contributed by atoms with Gasteiger partial charge in [-0.3, -0.25) is 4.79 Å². The second-order valence-corrected chi connectivity index (χ2v) is 6.09. The number of imidazole rings is 1. The number of nitrogens with zero attached hydrogens (tertiary/aromatic N) is 3. The van der Waals surface area contributed by atoms with E-state index in [2.05, 4.69) is 25.3 Å². The molecule has 1 atom stereocenters. The van der Waals surface area contributed by atoms with Gasteiger partial charge in [-0.15, -0.1) is 0 Å². The summed E-state index contributed by atoms with van der Waals surface area (Å²) in [4.78, 5) is 27.3. The number of benzene rings is 1. The van der Waals surface area contributed by atoms with E-state index >= 15 is 0 Å². The van der Waals surface area contributed by atoms with Gasteiger partial charge in [-0.1, -0.05) is 11.8 Å². The van der Waals surface area contributed by atoms with Gasteiger partial charge in [0.2, 0.25) is 5.91 Å². The lowest BCUT2D eigenvalue weighted by atomic mass is 10.3. The lowest BCUT2D eigenvalue weighted by Crippen LogP contribution is -2.22. The average molecular weight is 332 g/mol. The fraction of sp³-hybridized carbons (Fsp3) is 0.143. The number of nitrogen functional groups attached to an aromatic ring is 1. The van der Waals surface area contributed by atoms with Gasteiger partial charge in [-0.2, -0.15) is 0 Å². The maximum atomic E-state index is 12.9. The molecule has 23 heavy (non-hydrogen) atoms. The molecule has 0 unspecified atom stereocenters. The molecule has 1 amide bonds. The minimum atomic E-state index is -0.421. The van der Waals surface area contributed by atoms with E-state index in [-0.39, 0.29) is 11.7 Å². The molecule has 2 heterocycles. The molecule has 118 valence electrons. The second-order valence-electron chi connectivity index (χ2n) is 4.76. The number of rotatable bonds is 4. The molecular formula is C14H13FN6OS. The largest absolute Gasteiger partial charge is 0.382 e. The number of amides is 1. The smallest absolute Gasteiger partial charge is 0.237 e. The molecule has 1 aromatic carbocycles. The Bertz CT molecular complexity index is 850. The number of nitrogens with two attached hydrogens (primary N) is 1. The average Bonchev–Trinajstić information content (AvgIpc) is 2.93. The molecule has 2 aromatic heterocycles. The maximum Gasteiger partial charge on any atom is 0.237 e. The summed E-state index contributed by atoms with van der Waals surface area (Å²) >= 11 is 1.23. The molecule has 0 radical (unpaired) electrons. The van der Waals surface area contributed by atoms with Crippen molar-refractivity contribution in [1.82, 2.24) is 19.9 Å². The van der Waals surface area contributed by atoms with Crippen molar-refractivity contribution in [2.75, 3.05) is 11.1 Å². The van der Waals surface area contributed by atoms with Crippen LogP contribution >= 0.6 is 11.8 Å². The van der Waals surface area contributed by atoms with E-state index in [9.17, 15) is 9.18 Å². The first-order valence-corrected chi connectivity index (χ1v) is 7.60. The van der Waals surface area contributed by atoms with E-state index in [0.29, 0.717) is 27.8 Å². The Morgan fingerprint density at radius 2 is 2.09 bits per heavy atom. The van der Waals surface area contributed by atoms with Crippen molar-refractivity contribution >= 4 is 40.3 Å². The Morgan fingerprint density at radius 1 is 1.35 bits per heavy atom. The lowest BCUT2D eigenvalue weighted by Gasteiger charge is -2.10. The third-order valence-electron chi connectivity index (χ3n) is 3.07. The highest BCUT2D eigenvalue weighted by atomic mass is 32.2. The zero-order chi connectivity index (χ0) is 16.4. The molecule has 0 spiro atoms. The fourth-order valence-electron chi connectivity index (χ4n) is 1.88. The number of halogens is 1. The first-order chi connectivity index (χ1) is 11.0. The van der Waals surface area contributed by atoms with Crippen LogP contribution in [0.25, 0.3) is 11.2 Å². The van der Waals surface area contributed by atoms with Crippen LogP contribution in [0.2, 0.25) is 0 Å². The molecule has 3 rings (SSSR count). The van der Waals surface area contributed by atoms with Gasteiger partial charge < -0.3 is 16.0 Å². The van der Waals surface area contributed by atoms with E-state index in [1.54, 1.807) is 6.92 Å². The van der Waals surface area contributed by atoms with E-state index in [1.165, 1.54) is 42.4 Å². The number of H-pyrrole nitrogens is 1. The molecule has 3 aromatic rings. The van der Waals surface area contributed by atoms with Crippen molar-refractivity contribution in [2.45, 2.75) is 17.3 Å².